The van der Waals surface area contributed by atoms with Gasteiger partial charge in [-0.1, -0.05) is 5.21 Å². The quantitative estimate of drug-likeness (QED) is 0.868. The maximum absolute atomic E-state index is 12.5. The first kappa shape index (κ1) is 14.2. The molecule has 0 saturated carbocycles. The van der Waals surface area contributed by atoms with Crippen LogP contribution in [0.3, 0.4) is 0 Å². The van der Waals surface area contributed by atoms with Crippen molar-refractivity contribution >= 4 is 17.2 Å². The Morgan fingerprint density at radius 1 is 1.48 bits per heavy atom. The third-order valence-corrected chi connectivity index (χ3v) is 4.84. The van der Waals surface area contributed by atoms with Gasteiger partial charge in [0.1, 0.15) is 5.01 Å². The lowest BCUT2D eigenvalue weighted by Gasteiger charge is -2.34. The van der Waals surface area contributed by atoms with Gasteiger partial charge < -0.3 is 4.90 Å². The number of amides is 1. The van der Waals surface area contributed by atoms with Gasteiger partial charge in [0, 0.05) is 30.2 Å². The predicted octanol–water partition coefficient (Wildman–Crippen LogP) is 2.19. The lowest BCUT2D eigenvalue weighted by Crippen LogP contribution is -2.38. The molecular formula is C14H19N5OS. The highest BCUT2D eigenvalue weighted by Gasteiger charge is 2.29. The minimum atomic E-state index is 0.153. The zero-order valence-electron chi connectivity index (χ0n) is 12.1. The molecule has 1 saturated heterocycles. The summed E-state index contributed by atoms with van der Waals surface area (Å²) in [6, 6.07) is 0.153. The maximum atomic E-state index is 12.5. The van der Waals surface area contributed by atoms with Gasteiger partial charge in [-0.15, -0.1) is 16.4 Å². The number of thiazole rings is 1. The number of aromatic nitrogens is 4. The van der Waals surface area contributed by atoms with E-state index in [1.165, 1.54) is 0 Å². The Morgan fingerprint density at radius 2 is 2.38 bits per heavy atom. The Balaban J connectivity index is 1.67. The Labute approximate surface area is 127 Å². The van der Waals surface area contributed by atoms with Gasteiger partial charge in [-0.2, -0.15) is 0 Å². The van der Waals surface area contributed by atoms with E-state index < -0.39 is 0 Å². The van der Waals surface area contributed by atoms with Gasteiger partial charge in [0.2, 0.25) is 5.91 Å². The largest absolute Gasteiger partial charge is 0.333 e. The summed E-state index contributed by atoms with van der Waals surface area (Å²) in [5.41, 5.74) is 1.04. The normalized spacial score (nSPS) is 18.9. The highest BCUT2D eigenvalue weighted by atomic mass is 32.1. The van der Waals surface area contributed by atoms with Crippen molar-refractivity contribution in [2.75, 3.05) is 6.54 Å². The SMILES string of the molecule is Cc1csc([C@H]2CCCCN2C(=O)CCn2ccnn2)n1. The lowest BCUT2D eigenvalue weighted by atomic mass is 10.0. The molecule has 0 spiro atoms. The van der Waals surface area contributed by atoms with Crippen LogP contribution in [0.5, 0.6) is 0 Å². The minimum absolute atomic E-state index is 0.153. The van der Waals surface area contributed by atoms with E-state index in [4.69, 9.17) is 0 Å². The third kappa shape index (κ3) is 3.29. The van der Waals surface area contributed by atoms with Gasteiger partial charge in [-0.25, -0.2) is 4.98 Å². The predicted molar refractivity (Wildman–Crippen MR) is 79.8 cm³/mol. The summed E-state index contributed by atoms with van der Waals surface area (Å²) in [7, 11) is 0. The average Bonchev–Trinajstić information content (AvgIpc) is 3.16. The first-order valence-corrected chi connectivity index (χ1v) is 8.17. The van der Waals surface area contributed by atoms with E-state index in [0.29, 0.717) is 13.0 Å². The highest BCUT2D eigenvalue weighted by Crippen LogP contribution is 2.33. The fraction of sp³-hybridized carbons (Fsp3) is 0.571. The molecule has 1 fully saturated rings. The van der Waals surface area contributed by atoms with Crippen LogP contribution in [0.2, 0.25) is 0 Å². The van der Waals surface area contributed by atoms with E-state index in [9.17, 15) is 4.79 Å². The van der Waals surface area contributed by atoms with E-state index in [1.54, 1.807) is 28.4 Å². The van der Waals surface area contributed by atoms with Gasteiger partial charge in [-0.05, 0) is 26.2 Å². The first-order valence-electron chi connectivity index (χ1n) is 7.29. The fourth-order valence-corrected chi connectivity index (χ4v) is 3.66. The van der Waals surface area contributed by atoms with E-state index >= 15 is 0 Å². The summed E-state index contributed by atoms with van der Waals surface area (Å²) in [6.45, 7) is 3.41. The molecule has 0 bridgehead atoms. The summed E-state index contributed by atoms with van der Waals surface area (Å²) < 4.78 is 1.70. The molecule has 0 unspecified atom stereocenters. The number of aryl methyl sites for hydroxylation is 2. The smallest absolute Gasteiger partial charge is 0.225 e. The summed E-state index contributed by atoms with van der Waals surface area (Å²) in [6.07, 6.45) is 7.13. The van der Waals surface area contributed by atoms with Gasteiger partial charge in [0.25, 0.3) is 0 Å². The van der Waals surface area contributed by atoms with Crippen molar-refractivity contribution in [3.8, 4) is 0 Å². The van der Waals surface area contributed by atoms with Crippen LogP contribution in [-0.2, 0) is 11.3 Å². The molecule has 7 heteroatoms. The molecule has 0 aromatic carbocycles. The molecule has 1 amide bonds. The van der Waals surface area contributed by atoms with Gasteiger partial charge >= 0.3 is 0 Å². The van der Waals surface area contributed by atoms with Gasteiger partial charge in [-0.3, -0.25) is 9.48 Å². The second kappa shape index (κ2) is 6.34. The van der Waals surface area contributed by atoms with Gasteiger partial charge in [0.15, 0.2) is 0 Å². The van der Waals surface area contributed by atoms with Crippen LogP contribution >= 0.6 is 11.3 Å². The van der Waals surface area contributed by atoms with E-state index in [-0.39, 0.29) is 11.9 Å². The summed E-state index contributed by atoms with van der Waals surface area (Å²) >= 11 is 1.66. The number of carbonyl (C=O) groups excluding carboxylic acids is 1. The first-order chi connectivity index (χ1) is 10.2. The number of hydrogen-bond donors (Lipinski definition) is 0. The third-order valence-electron chi connectivity index (χ3n) is 3.77. The van der Waals surface area contributed by atoms with E-state index in [0.717, 1.165) is 36.5 Å². The Bertz CT molecular complexity index is 594. The molecule has 1 aliphatic heterocycles. The lowest BCUT2D eigenvalue weighted by molar-refractivity contribution is -0.135. The molecule has 112 valence electrons. The van der Waals surface area contributed by atoms with E-state index in [1.807, 2.05) is 11.8 Å². The van der Waals surface area contributed by atoms with Crippen LogP contribution in [0.1, 0.15) is 42.4 Å². The highest BCUT2D eigenvalue weighted by molar-refractivity contribution is 7.09. The maximum Gasteiger partial charge on any atom is 0.225 e. The molecule has 0 aliphatic carbocycles. The van der Waals surface area contributed by atoms with Crippen LogP contribution in [0.25, 0.3) is 0 Å². The number of likely N-dealkylation sites (tertiary alicyclic amines) is 1. The Kier molecular flexibility index (Phi) is 4.28. The number of nitrogens with zero attached hydrogens (tertiary/aromatic N) is 5. The molecule has 2 aromatic heterocycles. The van der Waals surface area contributed by atoms with Crippen LogP contribution in [0.4, 0.5) is 0 Å². The zero-order chi connectivity index (χ0) is 14.7. The molecule has 6 nitrogen and oxygen atoms in total. The Hall–Kier alpha value is -1.76. The van der Waals surface area contributed by atoms with Crippen molar-refractivity contribution < 1.29 is 4.79 Å². The summed E-state index contributed by atoms with van der Waals surface area (Å²) in [4.78, 5) is 19.1. The molecule has 3 heterocycles. The molecule has 0 radical (unpaired) electrons. The molecule has 3 rings (SSSR count). The molecule has 2 aromatic rings. The van der Waals surface area contributed by atoms with Crippen molar-refractivity contribution in [1.82, 2.24) is 24.9 Å². The second-order valence-corrected chi connectivity index (χ2v) is 6.23. The zero-order valence-corrected chi connectivity index (χ0v) is 12.9. The van der Waals surface area contributed by atoms with Crippen molar-refractivity contribution in [2.24, 2.45) is 0 Å². The number of rotatable bonds is 4. The van der Waals surface area contributed by atoms with E-state index in [2.05, 4.69) is 20.7 Å². The van der Waals surface area contributed by atoms with Crippen LogP contribution in [-0.4, -0.2) is 37.3 Å². The minimum Gasteiger partial charge on any atom is -0.333 e. The number of carbonyl (C=O) groups is 1. The standard InChI is InChI=1S/C14H19N5OS/c1-11-10-21-14(16-11)12-4-2-3-7-19(12)13(20)5-8-18-9-6-15-17-18/h6,9-10,12H,2-5,7-8H2,1H3/t12-/m1/s1. The van der Waals surface area contributed by atoms with Crippen molar-refractivity contribution in [3.63, 3.8) is 0 Å². The number of hydrogen-bond acceptors (Lipinski definition) is 5. The second-order valence-electron chi connectivity index (χ2n) is 5.34. The molecular weight excluding hydrogens is 286 g/mol. The van der Waals surface area contributed by atoms with Crippen molar-refractivity contribution in [3.05, 3.63) is 28.5 Å². The van der Waals surface area contributed by atoms with Crippen LogP contribution in [0.15, 0.2) is 17.8 Å². The van der Waals surface area contributed by atoms with Crippen molar-refractivity contribution in [2.45, 2.75) is 45.2 Å². The summed E-state index contributed by atoms with van der Waals surface area (Å²) in [5, 5.41) is 10.8. The average molecular weight is 305 g/mol. The van der Waals surface area contributed by atoms with Crippen molar-refractivity contribution in [1.29, 1.82) is 0 Å². The Morgan fingerprint density at radius 3 is 3.10 bits per heavy atom. The van der Waals surface area contributed by atoms with Crippen LogP contribution in [0, 0.1) is 6.92 Å². The molecule has 0 N–H and O–H groups in total. The number of piperidine rings is 1. The van der Waals surface area contributed by atoms with Gasteiger partial charge in [0.05, 0.1) is 18.8 Å². The topological polar surface area (TPSA) is 63.9 Å². The molecule has 21 heavy (non-hydrogen) atoms. The molecule has 1 aliphatic rings. The monoisotopic (exact) mass is 305 g/mol. The summed E-state index contributed by atoms with van der Waals surface area (Å²) in [5.74, 6) is 0.183. The molecule has 1 atom stereocenters. The fourth-order valence-electron chi connectivity index (χ4n) is 2.72. The van der Waals surface area contributed by atoms with Crippen LogP contribution < -0.4 is 0 Å².